The lowest BCUT2D eigenvalue weighted by Gasteiger charge is -2.14. The zero-order chi connectivity index (χ0) is 41.0. The second-order valence-electron chi connectivity index (χ2n) is 14.5. The van der Waals surface area contributed by atoms with Crippen molar-refractivity contribution in [1.29, 1.82) is 0 Å². The van der Waals surface area contributed by atoms with E-state index in [1.54, 1.807) is 0 Å². The van der Waals surface area contributed by atoms with Gasteiger partial charge in [0.2, 0.25) is 0 Å². The van der Waals surface area contributed by atoms with Gasteiger partial charge in [-0.15, -0.1) is 0 Å². The topological polar surface area (TPSA) is 136 Å². The average Bonchev–Trinajstić information content (AvgIpc) is 3.91. The van der Waals surface area contributed by atoms with E-state index in [0.717, 1.165) is 115 Å². The zero-order valence-corrected chi connectivity index (χ0v) is 34.7. The van der Waals surface area contributed by atoms with Gasteiger partial charge < -0.3 is 24.2 Å². The van der Waals surface area contributed by atoms with E-state index in [9.17, 15) is 14.4 Å². The standard InChI is InChI=1S/C47H54N4O6/c1-10-30-32(12-3)46-45(36-17-15-14-16-29(36)25-57-28(7)52)47-33(13-4)31(11-2)40(51-47)23-38-27(6)35(19-21-44(54)56-9)42(49-38)24-41-34(18-20-43(53)55-8)26(5)37(48-41)22-39(30)50-46/h14-17,22-24,48,51H,10-13,18-21,25H2,1-9H3. The van der Waals surface area contributed by atoms with Crippen molar-refractivity contribution >= 4 is 62.3 Å². The van der Waals surface area contributed by atoms with Gasteiger partial charge in [0.25, 0.3) is 0 Å². The molecule has 4 aromatic rings. The van der Waals surface area contributed by atoms with E-state index in [-0.39, 0.29) is 37.4 Å². The summed E-state index contributed by atoms with van der Waals surface area (Å²) in [5.74, 6) is -0.917. The molecule has 8 bridgehead atoms. The van der Waals surface area contributed by atoms with Gasteiger partial charge in [-0.25, -0.2) is 9.97 Å². The van der Waals surface area contributed by atoms with Crippen molar-refractivity contribution in [2.75, 3.05) is 14.2 Å². The summed E-state index contributed by atoms with van der Waals surface area (Å²) in [5, 5.41) is 0. The number of rotatable bonds is 13. The molecule has 2 aliphatic rings. The number of aromatic nitrogens is 4. The van der Waals surface area contributed by atoms with Crippen molar-refractivity contribution < 1.29 is 28.6 Å². The summed E-state index contributed by atoms with van der Waals surface area (Å²) < 4.78 is 15.7. The summed E-state index contributed by atoms with van der Waals surface area (Å²) in [4.78, 5) is 55.4. The molecule has 10 heteroatoms. The Bertz CT molecular complexity index is 2480. The van der Waals surface area contributed by atoms with E-state index in [4.69, 9.17) is 24.2 Å². The molecule has 0 atom stereocenters. The Morgan fingerprint density at radius 2 is 1.28 bits per heavy atom. The molecule has 0 unspecified atom stereocenters. The molecule has 2 N–H and O–H groups in total. The van der Waals surface area contributed by atoms with Gasteiger partial charge in [-0.3, -0.25) is 14.4 Å². The van der Waals surface area contributed by atoms with Crippen LogP contribution >= 0.6 is 0 Å². The molecule has 0 saturated carbocycles. The maximum Gasteiger partial charge on any atom is 0.305 e. The van der Waals surface area contributed by atoms with Gasteiger partial charge in [0.15, 0.2) is 0 Å². The number of carbonyl (C=O) groups is 3. The Balaban J connectivity index is 1.84. The van der Waals surface area contributed by atoms with Crippen molar-refractivity contribution in [3.8, 4) is 11.1 Å². The number of esters is 3. The molecule has 0 amide bonds. The van der Waals surface area contributed by atoms with Crippen LogP contribution in [0.2, 0.25) is 0 Å². The van der Waals surface area contributed by atoms with Crippen LogP contribution in [0.3, 0.4) is 0 Å². The number of hydrogen-bond acceptors (Lipinski definition) is 8. The van der Waals surface area contributed by atoms with Crippen molar-refractivity contribution in [3.63, 3.8) is 0 Å². The molecule has 0 saturated heterocycles. The summed E-state index contributed by atoms with van der Waals surface area (Å²) in [6.45, 7) is 14.4. The van der Waals surface area contributed by atoms with Crippen molar-refractivity contribution in [1.82, 2.24) is 19.9 Å². The molecular weight excluding hydrogens is 717 g/mol. The molecule has 6 rings (SSSR count). The quantitative estimate of drug-likeness (QED) is 0.101. The minimum atomic E-state index is -0.343. The summed E-state index contributed by atoms with van der Waals surface area (Å²) >= 11 is 0. The van der Waals surface area contributed by atoms with Gasteiger partial charge in [0, 0.05) is 41.9 Å². The Labute approximate surface area is 334 Å². The third kappa shape index (κ3) is 8.08. The smallest absolute Gasteiger partial charge is 0.305 e. The largest absolute Gasteiger partial charge is 0.469 e. The number of benzene rings is 1. The van der Waals surface area contributed by atoms with Crippen molar-refractivity contribution in [2.45, 2.75) is 106 Å². The van der Waals surface area contributed by atoms with Gasteiger partial charge >= 0.3 is 17.9 Å². The van der Waals surface area contributed by atoms with Crippen LogP contribution in [0.4, 0.5) is 0 Å². The van der Waals surface area contributed by atoms with Crippen LogP contribution in [-0.2, 0) is 54.5 Å². The highest BCUT2D eigenvalue weighted by Gasteiger charge is 2.27. The second kappa shape index (κ2) is 17.6. The molecule has 10 nitrogen and oxygen atoms in total. The number of fused-ring (bicyclic) bond motifs is 8. The summed E-state index contributed by atoms with van der Waals surface area (Å²) in [6.07, 6.45) is 4.43. The number of allylic oxidation sites excluding steroid dienone is 4. The fourth-order valence-electron chi connectivity index (χ4n) is 8.37. The number of hydrogen-bond donors (Lipinski definition) is 2. The maximum absolute atomic E-state index is 12.5. The fraction of sp³-hybridized carbons (Fsp3) is 0.383. The minimum Gasteiger partial charge on any atom is -0.469 e. The Kier molecular flexibility index (Phi) is 12.6. The van der Waals surface area contributed by atoms with E-state index < -0.39 is 0 Å². The molecular formula is C47H54N4O6. The van der Waals surface area contributed by atoms with Crippen LogP contribution in [-0.4, -0.2) is 52.1 Å². The molecule has 3 aromatic heterocycles. The first-order chi connectivity index (χ1) is 27.5. The first kappa shape index (κ1) is 40.9. The molecule has 5 heterocycles. The maximum atomic E-state index is 12.5. The molecule has 1 aromatic carbocycles. The van der Waals surface area contributed by atoms with E-state index in [1.807, 2.05) is 24.3 Å². The highest BCUT2D eigenvalue weighted by atomic mass is 16.5. The van der Waals surface area contributed by atoms with Crippen LogP contribution in [0.25, 0.3) is 55.5 Å². The molecule has 0 aliphatic carbocycles. The van der Waals surface area contributed by atoms with Crippen molar-refractivity contribution in [3.05, 3.63) is 93.1 Å². The normalized spacial score (nSPS) is 12.6. The fourth-order valence-corrected chi connectivity index (χ4v) is 8.37. The molecule has 0 radical (unpaired) electrons. The number of aromatic amines is 2. The first-order valence-electron chi connectivity index (χ1n) is 20.0. The Morgan fingerprint density at radius 3 is 1.93 bits per heavy atom. The lowest BCUT2D eigenvalue weighted by Crippen LogP contribution is -2.02. The average molecular weight is 771 g/mol. The van der Waals surface area contributed by atoms with Crippen LogP contribution in [0.1, 0.15) is 124 Å². The predicted molar refractivity (Wildman–Crippen MR) is 227 cm³/mol. The van der Waals surface area contributed by atoms with Gasteiger partial charge in [-0.1, -0.05) is 52.0 Å². The Morgan fingerprint density at radius 1 is 0.667 bits per heavy atom. The lowest BCUT2D eigenvalue weighted by molar-refractivity contribution is -0.142. The number of ether oxygens (including phenoxy) is 3. The van der Waals surface area contributed by atoms with Crippen LogP contribution in [0.5, 0.6) is 0 Å². The third-order valence-electron chi connectivity index (χ3n) is 11.4. The Hall–Kier alpha value is -5.77. The minimum absolute atomic E-state index is 0.127. The highest BCUT2D eigenvalue weighted by Crippen LogP contribution is 2.44. The second-order valence-corrected chi connectivity index (χ2v) is 14.5. The predicted octanol–water partition coefficient (Wildman–Crippen LogP) is 10.2. The zero-order valence-electron chi connectivity index (χ0n) is 34.7. The highest BCUT2D eigenvalue weighted by molar-refractivity contribution is 6.02. The number of nitrogens with zero attached hydrogens (tertiary/aromatic N) is 2. The third-order valence-corrected chi connectivity index (χ3v) is 11.4. The van der Waals surface area contributed by atoms with E-state index in [2.05, 4.69) is 69.7 Å². The molecule has 2 aliphatic heterocycles. The number of H-pyrrole nitrogens is 2. The summed E-state index contributed by atoms with van der Waals surface area (Å²) in [5.41, 5.74) is 18.4. The monoisotopic (exact) mass is 770 g/mol. The van der Waals surface area contributed by atoms with Gasteiger partial charge in [0.1, 0.15) is 6.61 Å². The van der Waals surface area contributed by atoms with E-state index in [0.29, 0.717) is 12.8 Å². The number of aryl methyl sites for hydroxylation is 4. The van der Waals surface area contributed by atoms with Crippen molar-refractivity contribution in [2.24, 2.45) is 0 Å². The van der Waals surface area contributed by atoms with E-state index >= 15 is 0 Å². The number of methoxy groups -OCH3 is 2. The first-order valence-corrected chi connectivity index (χ1v) is 20.0. The molecule has 0 fully saturated rings. The van der Waals surface area contributed by atoms with Crippen LogP contribution < -0.4 is 0 Å². The van der Waals surface area contributed by atoms with Crippen LogP contribution in [0.15, 0.2) is 42.5 Å². The number of carbonyl (C=O) groups excluding carboxylic acids is 3. The van der Waals surface area contributed by atoms with Gasteiger partial charge in [-0.05, 0) is 126 Å². The van der Waals surface area contributed by atoms with Gasteiger partial charge in [-0.2, -0.15) is 0 Å². The molecule has 298 valence electrons. The summed E-state index contributed by atoms with van der Waals surface area (Å²) in [6, 6.07) is 14.4. The molecule has 57 heavy (non-hydrogen) atoms. The molecule has 0 spiro atoms. The van der Waals surface area contributed by atoms with E-state index in [1.165, 1.54) is 37.8 Å². The number of nitrogens with one attached hydrogen (secondary N) is 2. The van der Waals surface area contributed by atoms with Crippen LogP contribution in [0, 0.1) is 6.92 Å². The SMILES string of the molecule is CCC1=C(CC)c2nc1cc1[nH]c(cc3nc(cc4[nH]c(c(CC)c4CC)c2-c2ccccc2COC(C)=O)C(C)=C3CCC(=O)OC)c(CCC(=O)OC)c1C. The lowest BCUT2D eigenvalue weighted by atomic mass is 9.91. The summed E-state index contributed by atoms with van der Waals surface area (Å²) in [7, 11) is 2.81. The van der Waals surface area contributed by atoms with Gasteiger partial charge in [0.05, 0.1) is 42.5 Å².